The van der Waals surface area contributed by atoms with Crippen molar-refractivity contribution in [1.82, 2.24) is 9.91 Å². The van der Waals surface area contributed by atoms with E-state index in [-0.39, 0.29) is 11.9 Å². The zero-order valence-electron chi connectivity index (χ0n) is 15.5. The number of amides is 1. The average Bonchev–Trinajstić information content (AvgIpc) is 3.48. The molecule has 0 N–H and O–H groups in total. The summed E-state index contributed by atoms with van der Waals surface area (Å²) >= 11 is 1.65. The number of rotatable bonds is 4. The van der Waals surface area contributed by atoms with Crippen LogP contribution in [0.4, 0.5) is 0 Å². The molecule has 0 bridgehead atoms. The van der Waals surface area contributed by atoms with Crippen LogP contribution in [-0.2, 0) is 17.8 Å². The van der Waals surface area contributed by atoms with Crippen LogP contribution in [0.1, 0.15) is 34.2 Å². The number of hydrogen-bond acceptors (Lipinski definition) is 5. The second-order valence-corrected chi connectivity index (χ2v) is 8.17. The third-order valence-electron chi connectivity index (χ3n) is 5.41. The summed E-state index contributed by atoms with van der Waals surface area (Å²) in [5, 5.41) is 8.37. The second-order valence-electron chi connectivity index (χ2n) is 7.23. The molecule has 1 aromatic carbocycles. The van der Waals surface area contributed by atoms with E-state index in [2.05, 4.69) is 35.2 Å². The van der Waals surface area contributed by atoms with Crippen LogP contribution >= 0.6 is 11.3 Å². The van der Waals surface area contributed by atoms with Crippen LogP contribution in [0.15, 0.2) is 69.7 Å². The normalized spacial score (nSPS) is 19.5. The minimum absolute atomic E-state index is 0.0207. The Kier molecular flexibility index (Phi) is 4.58. The van der Waals surface area contributed by atoms with Crippen molar-refractivity contribution >= 4 is 23.0 Å². The SMILES string of the molecule is O=C(CN1CCc2ccccc2C1)N1N=C(c2cccs2)CC1c1ccco1. The Balaban J connectivity index is 1.36. The van der Waals surface area contributed by atoms with E-state index in [4.69, 9.17) is 9.52 Å². The molecule has 2 aliphatic rings. The Morgan fingerprint density at radius 1 is 1.14 bits per heavy atom. The number of carbonyl (C=O) groups excluding carboxylic acids is 1. The molecule has 0 spiro atoms. The van der Waals surface area contributed by atoms with Gasteiger partial charge in [0, 0.05) is 19.5 Å². The van der Waals surface area contributed by atoms with Crippen molar-refractivity contribution in [3.63, 3.8) is 0 Å². The molecule has 0 radical (unpaired) electrons. The van der Waals surface area contributed by atoms with Gasteiger partial charge in [-0.3, -0.25) is 9.69 Å². The van der Waals surface area contributed by atoms with Crippen molar-refractivity contribution in [2.75, 3.05) is 13.1 Å². The monoisotopic (exact) mass is 391 g/mol. The average molecular weight is 391 g/mol. The fourth-order valence-corrected chi connectivity index (χ4v) is 4.71. The minimum atomic E-state index is -0.170. The van der Waals surface area contributed by atoms with Gasteiger partial charge in [0.2, 0.25) is 0 Å². The first kappa shape index (κ1) is 17.4. The fourth-order valence-electron chi connectivity index (χ4n) is 3.99. The quantitative estimate of drug-likeness (QED) is 0.673. The predicted molar refractivity (Wildman–Crippen MR) is 109 cm³/mol. The summed E-state index contributed by atoms with van der Waals surface area (Å²) in [7, 11) is 0. The Morgan fingerprint density at radius 2 is 2.04 bits per heavy atom. The Hall–Kier alpha value is -2.70. The minimum Gasteiger partial charge on any atom is -0.467 e. The number of hydrazone groups is 1. The number of carbonyl (C=O) groups is 1. The highest BCUT2D eigenvalue weighted by Crippen LogP contribution is 2.34. The van der Waals surface area contributed by atoms with Crippen LogP contribution in [0.25, 0.3) is 0 Å². The van der Waals surface area contributed by atoms with Gasteiger partial charge in [0.05, 0.1) is 23.4 Å². The molecule has 6 heteroatoms. The summed E-state index contributed by atoms with van der Waals surface area (Å²) in [5.74, 6) is 0.806. The van der Waals surface area contributed by atoms with Gasteiger partial charge in [0.25, 0.3) is 5.91 Å². The molecule has 1 unspecified atom stereocenters. The largest absolute Gasteiger partial charge is 0.467 e. The van der Waals surface area contributed by atoms with Gasteiger partial charge in [-0.1, -0.05) is 30.3 Å². The summed E-state index contributed by atoms with van der Waals surface area (Å²) in [6.45, 7) is 2.07. The first-order chi connectivity index (χ1) is 13.8. The maximum absolute atomic E-state index is 13.2. The molecule has 5 rings (SSSR count). The van der Waals surface area contributed by atoms with Gasteiger partial charge in [-0.2, -0.15) is 5.10 Å². The Bertz CT molecular complexity index is 995. The molecule has 0 aliphatic carbocycles. The molecule has 0 saturated carbocycles. The summed E-state index contributed by atoms with van der Waals surface area (Å²) in [4.78, 5) is 16.5. The van der Waals surface area contributed by atoms with Crippen LogP contribution < -0.4 is 0 Å². The first-order valence-corrected chi connectivity index (χ1v) is 10.4. The van der Waals surface area contributed by atoms with Crippen molar-refractivity contribution in [3.8, 4) is 0 Å². The zero-order valence-corrected chi connectivity index (χ0v) is 16.3. The van der Waals surface area contributed by atoms with Gasteiger partial charge in [0.15, 0.2) is 0 Å². The topological polar surface area (TPSA) is 49.1 Å². The van der Waals surface area contributed by atoms with Crippen LogP contribution in [0.2, 0.25) is 0 Å². The van der Waals surface area contributed by atoms with E-state index in [1.807, 2.05) is 23.6 Å². The van der Waals surface area contributed by atoms with Crippen LogP contribution in [-0.4, -0.2) is 34.6 Å². The lowest BCUT2D eigenvalue weighted by atomic mass is 10.00. The summed E-state index contributed by atoms with van der Waals surface area (Å²) in [6.07, 6.45) is 3.32. The summed E-state index contributed by atoms with van der Waals surface area (Å²) in [5.41, 5.74) is 3.65. The van der Waals surface area contributed by atoms with Crippen LogP contribution in [0.3, 0.4) is 0 Å². The highest BCUT2D eigenvalue weighted by Gasteiger charge is 2.35. The molecule has 28 heavy (non-hydrogen) atoms. The van der Waals surface area contributed by atoms with Gasteiger partial charge in [0.1, 0.15) is 11.8 Å². The van der Waals surface area contributed by atoms with Gasteiger partial charge >= 0.3 is 0 Å². The predicted octanol–water partition coefficient (Wildman–Crippen LogP) is 4.08. The van der Waals surface area contributed by atoms with Crippen molar-refractivity contribution in [1.29, 1.82) is 0 Å². The number of thiophene rings is 1. The van der Waals surface area contributed by atoms with Crippen LogP contribution in [0, 0.1) is 0 Å². The van der Waals surface area contributed by atoms with Gasteiger partial charge < -0.3 is 4.42 Å². The lowest BCUT2D eigenvalue weighted by Gasteiger charge is -2.30. The Labute approximate surface area is 167 Å². The fraction of sp³-hybridized carbons (Fsp3) is 0.273. The smallest absolute Gasteiger partial charge is 0.257 e. The van der Waals surface area contributed by atoms with Crippen molar-refractivity contribution < 1.29 is 9.21 Å². The maximum Gasteiger partial charge on any atom is 0.257 e. The highest BCUT2D eigenvalue weighted by molar-refractivity contribution is 7.12. The van der Waals surface area contributed by atoms with Crippen LogP contribution in [0.5, 0.6) is 0 Å². The molecule has 1 amide bonds. The number of nitrogens with zero attached hydrogens (tertiary/aromatic N) is 3. The molecule has 0 fully saturated rings. The van der Waals surface area contributed by atoms with E-state index in [1.54, 1.807) is 22.6 Å². The third-order valence-corrected chi connectivity index (χ3v) is 6.33. The Morgan fingerprint density at radius 3 is 2.82 bits per heavy atom. The molecule has 142 valence electrons. The molecule has 4 heterocycles. The third kappa shape index (κ3) is 3.30. The highest BCUT2D eigenvalue weighted by atomic mass is 32.1. The van der Waals surface area contributed by atoms with Crippen molar-refractivity contribution in [2.24, 2.45) is 5.10 Å². The maximum atomic E-state index is 13.2. The van der Waals surface area contributed by atoms with Gasteiger partial charge in [-0.15, -0.1) is 11.3 Å². The molecule has 2 aliphatic heterocycles. The van der Waals surface area contributed by atoms with Crippen molar-refractivity contribution in [2.45, 2.75) is 25.4 Å². The second kappa shape index (κ2) is 7.37. The lowest BCUT2D eigenvalue weighted by Crippen LogP contribution is -2.40. The standard InChI is InChI=1S/C22H21N3O2S/c26-22(15-24-10-9-16-5-1-2-6-17(16)14-24)25-19(20-7-3-11-27-20)13-18(23-25)21-8-4-12-28-21/h1-8,11-12,19H,9-10,13-15H2. The molecule has 3 aromatic rings. The molecular formula is C22H21N3O2S. The number of hydrogen-bond donors (Lipinski definition) is 0. The summed E-state index contributed by atoms with van der Waals surface area (Å²) in [6, 6.07) is 16.2. The number of furan rings is 1. The number of fused-ring (bicyclic) bond motifs is 1. The molecular weight excluding hydrogens is 370 g/mol. The lowest BCUT2D eigenvalue weighted by molar-refractivity contribution is -0.134. The first-order valence-electron chi connectivity index (χ1n) is 9.54. The van der Waals surface area contributed by atoms with E-state index in [0.717, 1.165) is 35.9 Å². The molecule has 1 atom stereocenters. The number of benzene rings is 1. The van der Waals surface area contributed by atoms with E-state index in [9.17, 15) is 4.79 Å². The molecule has 5 nitrogen and oxygen atoms in total. The zero-order chi connectivity index (χ0) is 18.9. The molecule has 0 saturated heterocycles. The van der Waals surface area contributed by atoms with E-state index < -0.39 is 0 Å². The van der Waals surface area contributed by atoms with E-state index >= 15 is 0 Å². The summed E-state index contributed by atoms with van der Waals surface area (Å²) < 4.78 is 5.62. The van der Waals surface area contributed by atoms with E-state index in [1.165, 1.54) is 11.1 Å². The van der Waals surface area contributed by atoms with E-state index in [0.29, 0.717) is 13.0 Å². The molecule has 2 aromatic heterocycles. The van der Waals surface area contributed by atoms with Gasteiger partial charge in [-0.05, 0) is 41.1 Å². The van der Waals surface area contributed by atoms with Crippen molar-refractivity contribution in [3.05, 3.63) is 81.9 Å². The van der Waals surface area contributed by atoms with Gasteiger partial charge in [-0.25, -0.2) is 5.01 Å².